The van der Waals surface area contributed by atoms with Gasteiger partial charge in [0.25, 0.3) is 0 Å². The summed E-state index contributed by atoms with van der Waals surface area (Å²) in [5.74, 6) is -0.247. The molecule has 4 heteroatoms. The van der Waals surface area contributed by atoms with Gasteiger partial charge in [-0.25, -0.2) is 4.79 Å². The van der Waals surface area contributed by atoms with Crippen LogP contribution in [0.2, 0.25) is 0 Å². The number of rotatable bonds is 5. The number of ether oxygens (including phenoxy) is 1. The van der Waals surface area contributed by atoms with Crippen LogP contribution in [0.25, 0.3) is 0 Å². The summed E-state index contributed by atoms with van der Waals surface area (Å²) in [7, 11) is 0. The van der Waals surface area contributed by atoms with E-state index in [0.29, 0.717) is 13.2 Å². The Morgan fingerprint density at radius 2 is 2.43 bits per heavy atom. The summed E-state index contributed by atoms with van der Waals surface area (Å²) in [5.41, 5.74) is 0. The molecule has 0 N–H and O–H groups in total. The van der Waals surface area contributed by atoms with Crippen LogP contribution in [0.1, 0.15) is 32.6 Å². The van der Waals surface area contributed by atoms with Crippen molar-refractivity contribution in [3.05, 3.63) is 0 Å². The zero-order valence-electron chi connectivity index (χ0n) is 8.57. The lowest BCUT2D eigenvalue weighted by Gasteiger charge is -2.17. The van der Waals surface area contributed by atoms with Crippen LogP contribution in [-0.2, 0) is 14.3 Å². The molecule has 0 unspecified atom stereocenters. The number of esters is 1. The molecule has 1 rings (SSSR count). The summed E-state index contributed by atoms with van der Waals surface area (Å²) in [5, 5.41) is 0. The van der Waals surface area contributed by atoms with Crippen molar-refractivity contribution in [2.75, 3.05) is 13.2 Å². The maximum absolute atomic E-state index is 11.5. The first-order valence-electron chi connectivity index (χ1n) is 5.17. The number of hydrogen-bond acceptors (Lipinski definition) is 3. The van der Waals surface area contributed by atoms with Crippen molar-refractivity contribution in [2.24, 2.45) is 0 Å². The van der Waals surface area contributed by atoms with Crippen molar-refractivity contribution >= 4 is 12.4 Å². The molecule has 0 bridgehead atoms. The molecular weight excluding hydrogens is 182 g/mol. The molecule has 0 spiro atoms. The molecule has 1 aliphatic rings. The fourth-order valence-electron chi connectivity index (χ4n) is 1.58. The van der Waals surface area contributed by atoms with Gasteiger partial charge in [0.1, 0.15) is 6.04 Å². The zero-order valence-corrected chi connectivity index (χ0v) is 8.57. The van der Waals surface area contributed by atoms with E-state index in [0.717, 1.165) is 32.1 Å². The van der Waals surface area contributed by atoms with Crippen molar-refractivity contribution in [1.82, 2.24) is 4.90 Å². The monoisotopic (exact) mass is 199 g/mol. The van der Waals surface area contributed by atoms with E-state index in [1.807, 2.05) is 6.92 Å². The van der Waals surface area contributed by atoms with Crippen LogP contribution in [0.15, 0.2) is 0 Å². The number of nitrogens with zero attached hydrogens (tertiary/aromatic N) is 1. The summed E-state index contributed by atoms with van der Waals surface area (Å²) in [4.78, 5) is 23.6. The van der Waals surface area contributed by atoms with Crippen LogP contribution < -0.4 is 0 Å². The molecule has 0 aromatic heterocycles. The van der Waals surface area contributed by atoms with E-state index in [4.69, 9.17) is 4.74 Å². The molecular formula is C10H17NO3. The molecule has 1 amide bonds. The Bertz CT molecular complexity index is 206. The first-order chi connectivity index (χ1) is 6.79. The smallest absolute Gasteiger partial charge is 0.328 e. The predicted octanol–water partition coefficient (Wildman–Crippen LogP) is 0.951. The maximum atomic E-state index is 11.5. The van der Waals surface area contributed by atoms with Crippen molar-refractivity contribution in [3.63, 3.8) is 0 Å². The van der Waals surface area contributed by atoms with Gasteiger partial charge in [-0.05, 0) is 19.3 Å². The van der Waals surface area contributed by atoms with Crippen LogP contribution in [0, 0.1) is 0 Å². The summed E-state index contributed by atoms with van der Waals surface area (Å²) in [6.07, 6.45) is 4.27. The van der Waals surface area contributed by atoms with E-state index in [2.05, 4.69) is 0 Å². The van der Waals surface area contributed by atoms with Gasteiger partial charge < -0.3 is 9.64 Å². The molecule has 1 atom stereocenters. The lowest BCUT2D eigenvalue weighted by atomic mass is 10.2. The normalized spacial score (nSPS) is 20.9. The third kappa shape index (κ3) is 2.72. The molecule has 0 aromatic rings. The van der Waals surface area contributed by atoms with Crippen LogP contribution >= 0.6 is 0 Å². The fraction of sp³-hybridized carbons (Fsp3) is 0.800. The Balaban J connectivity index is 2.32. The maximum Gasteiger partial charge on any atom is 0.328 e. The molecule has 1 fully saturated rings. The minimum atomic E-state index is -0.329. The average Bonchev–Trinajstić information content (AvgIpc) is 2.65. The van der Waals surface area contributed by atoms with Crippen molar-refractivity contribution in [3.8, 4) is 0 Å². The van der Waals surface area contributed by atoms with Gasteiger partial charge in [-0.1, -0.05) is 13.3 Å². The van der Waals surface area contributed by atoms with Gasteiger partial charge in [-0.2, -0.15) is 0 Å². The van der Waals surface area contributed by atoms with Gasteiger partial charge in [0.05, 0.1) is 6.61 Å². The molecule has 1 saturated heterocycles. The topological polar surface area (TPSA) is 46.6 Å². The molecule has 14 heavy (non-hydrogen) atoms. The second kappa shape index (κ2) is 5.62. The minimum absolute atomic E-state index is 0.247. The first-order valence-corrected chi connectivity index (χ1v) is 5.17. The van der Waals surface area contributed by atoms with Gasteiger partial charge >= 0.3 is 5.97 Å². The number of unbranched alkanes of at least 4 members (excludes halogenated alkanes) is 1. The highest BCUT2D eigenvalue weighted by Gasteiger charge is 2.30. The van der Waals surface area contributed by atoms with Crippen LogP contribution in [0.5, 0.6) is 0 Å². The molecule has 4 nitrogen and oxygen atoms in total. The summed E-state index contributed by atoms with van der Waals surface area (Å²) in [6.45, 7) is 3.19. The Morgan fingerprint density at radius 3 is 3.07 bits per heavy atom. The average molecular weight is 199 g/mol. The van der Waals surface area contributed by atoms with E-state index in [9.17, 15) is 9.59 Å². The van der Waals surface area contributed by atoms with Crippen molar-refractivity contribution in [2.45, 2.75) is 38.6 Å². The molecule has 0 saturated carbocycles. The Hall–Kier alpha value is -1.06. The largest absolute Gasteiger partial charge is 0.464 e. The van der Waals surface area contributed by atoms with Crippen LogP contribution in [0.4, 0.5) is 0 Å². The minimum Gasteiger partial charge on any atom is -0.464 e. The Labute approximate surface area is 84.2 Å². The van der Waals surface area contributed by atoms with Crippen molar-refractivity contribution < 1.29 is 14.3 Å². The Kier molecular flexibility index (Phi) is 4.43. The number of amides is 1. The molecule has 0 radical (unpaired) electrons. The fourth-order valence-corrected chi connectivity index (χ4v) is 1.58. The summed E-state index contributed by atoms with van der Waals surface area (Å²) in [6, 6.07) is -0.329. The lowest BCUT2D eigenvalue weighted by Crippen LogP contribution is -2.36. The van der Waals surface area contributed by atoms with E-state index in [-0.39, 0.29) is 12.0 Å². The Morgan fingerprint density at radius 1 is 1.64 bits per heavy atom. The number of carbonyl (C=O) groups excluding carboxylic acids is 2. The van der Waals surface area contributed by atoms with E-state index in [1.54, 1.807) is 0 Å². The van der Waals surface area contributed by atoms with E-state index >= 15 is 0 Å². The highest BCUT2D eigenvalue weighted by Crippen LogP contribution is 2.16. The van der Waals surface area contributed by atoms with Crippen LogP contribution in [-0.4, -0.2) is 36.5 Å². The highest BCUT2D eigenvalue weighted by atomic mass is 16.5. The summed E-state index contributed by atoms with van der Waals surface area (Å²) >= 11 is 0. The van der Waals surface area contributed by atoms with E-state index < -0.39 is 0 Å². The molecule has 0 aliphatic carbocycles. The standard InChI is InChI=1S/C10H17NO3/c1-2-3-7-14-10(13)9-5-4-6-11(9)8-12/h8-9H,2-7H2,1H3/t9-/m0/s1. The predicted molar refractivity (Wildman–Crippen MR) is 51.7 cm³/mol. The van der Waals surface area contributed by atoms with Gasteiger partial charge in [0.2, 0.25) is 6.41 Å². The third-order valence-electron chi connectivity index (χ3n) is 2.44. The lowest BCUT2D eigenvalue weighted by molar-refractivity contribution is -0.150. The molecule has 1 heterocycles. The highest BCUT2D eigenvalue weighted by molar-refractivity contribution is 5.78. The van der Waals surface area contributed by atoms with Gasteiger partial charge in [-0.15, -0.1) is 0 Å². The number of hydrogen-bond donors (Lipinski definition) is 0. The van der Waals surface area contributed by atoms with E-state index in [1.165, 1.54) is 4.90 Å². The quantitative estimate of drug-likeness (QED) is 0.376. The first kappa shape index (κ1) is 11.0. The van der Waals surface area contributed by atoms with Gasteiger partial charge in [0, 0.05) is 6.54 Å². The third-order valence-corrected chi connectivity index (χ3v) is 2.44. The molecule has 80 valence electrons. The number of carbonyl (C=O) groups is 2. The SMILES string of the molecule is CCCCOC(=O)[C@@H]1CCCN1C=O. The second-order valence-corrected chi connectivity index (χ2v) is 3.52. The molecule has 0 aromatic carbocycles. The van der Waals surface area contributed by atoms with Crippen LogP contribution in [0.3, 0.4) is 0 Å². The second-order valence-electron chi connectivity index (χ2n) is 3.52. The van der Waals surface area contributed by atoms with Gasteiger partial charge in [0.15, 0.2) is 0 Å². The summed E-state index contributed by atoms with van der Waals surface area (Å²) < 4.78 is 5.06. The zero-order chi connectivity index (χ0) is 10.4. The number of likely N-dealkylation sites (tertiary alicyclic amines) is 1. The van der Waals surface area contributed by atoms with Gasteiger partial charge in [-0.3, -0.25) is 4.79 Å². The molecule has 1 aliphatic heterocycles. The van der Waals surface area contributed by atoms with Crippen molar-refractivity contribution in [1.29, 1.82) is 0 Å².